The van der Waals surface area contributed by atoms with Crippen LogP contribution in [0.25, 0.3) is 10.1 Å². The minimum atomic E-state index is -0.0278. The van der Waals surface area contributed by atoms with E-state index in [4.69, 9.17) is 0 Å². The molecule has 0 aliphatic carbocycles. The molecule has 2 aromatic heterocycles. The SMILES string of the molecule is CN1CCN(c2csc3cnc(C(=O)N[C@@H]4C[C@H]5CCN(C5)C4)cc23)CC1. The monoisotopic (exact) mass is 385 g/mol. The van der Waals surface area contributed by atoms with Gasteiger partial charge in [0.2, 0.25) is 0 Å². The summed E-state index contributed by atoms with van der Waals surface area (Å²) < 4.78 is 1.15. The van der Waals surface area contributed by atoms with Crippen molar-refractivity contribution in [1.29, 1.82) is 0 Å². The van der Waals surface area contributed by atoms with E-state index < -0.39 is 0 Å². The number of carbonyl (C=O) groups is 1. The second-order valence-corrected chi connectivity index (χ2v) is 9.21. The number of carbonyl (C=O) groups excluding carboxylic acids is 1. The zero-order valence-electron chi connectivity index (χ0n) is 15.9. The Hall–Kier alpha value is -1.70. The molecule has 0 radical (unpaired) electrons. The fraction of sp³-hybridized carbons (Fsp3) is 0.600. The van der Waals surface area contributed by atoms with E-state index in [0.29, 0.717) is 5.69 Å². The van der Waals surface area contributed by atoms with Crippen LogP contribution < -0.4 is 10.2 Å². The summed E-state index contributed by atoms with van der Waals surface area (Å²) in [6, 6.07) is 2.25. The molecule has 0 aromatic carbocycles. The number of aromatic nitrogens is 1. The second-order valence-electron chi connectivity index (χ2n) is 8.30. The lowest BCUT2D eigenvalue weighted by Gasteiger charge is -2.33. The van der Waals surface area contributed by atoms with Crippen molar-refractivity contribution in [2.45, 2.75) is 18.9 Å². The maximum Gasteiger partial charge on any atom is 0.270 e. The summed E-state index contributed by atoms with van der Waals surface area (Å²) in [6.45, 7) is 7.60. The van der Waals surface area contributed by atoms with Gasteiger partial charge in [0.1, 0.15) is 5.69 Å². The van der Waals surface area contributed by atoms with Crippen molar-refractivity contribution in [3.63, 3.8) is 0 Å². The highest BCUT2D eigenvalue weighted by molar-refractivity contribution is 7.17. The minimum Gasteiger partial charge on any atom is -0.368 e. The second kappa shape index (κ2) is 7.04. The van der Waals surface area contributed by atoms with Gasteiger partial charge in [-0.15, -0.1) is 11.3 Å². The van der Waals surface area contributed by atoms with Crippen LogP contribution in [0, 0.1) is 5.92 Å². The number of fused-ring (bicyclic) bond motifs is 3. The Morgan fingerprint density at radius 3 is 2.89 bits per heavy atom. The summed E-state index contributed by atoms with van der Waals surface area (Å²) in [5, 5.41) is 6.62. The maximum atomic E-state index is 12.8. The molecule has 3 saturated heterocycles. The van der Waals surface area contributed by atoms with Crippen LogP contribution in [0.3, 0.4) is 0 Å². The van der Waals surface area contributed by atoms with Gasteiger partial charge in [-0.1, -0.05) is 0 Å². The first-order chi connectivity index (χ1) is 13.2. The van der Waals surface area contributed by atoms with E-state index in [2.05, 4.69) is 37.4 Å². The number of nitrogens with zero attached hydrogens (tertiary/aromatic N) is 4. The molecule has 0 spiro atoms. The quantitative estimate of drug-likeness (QED) is 0.874. The van der Waals surface area contributed by atoms with Gasteiger partial charge in [-0.2, -0.15) is 0 Å². The van der Waals surface area contributed by atoms with Crippen LogP contribution in [-0.4, -0.2) is 79.6 Å². The molecule has 6 nitrogen and oxygen atoms in total. The summed E-state index contributed by atoms with van der Waals surface area (Å²) in [4.78, 5) is 24.6. The molecule has 3 atom stereocenters. The zero-order chi connectivity index (χ0) is 18.4. The number of piperazine rings is 1. The van der Waals surface area contributed by atoms with Gasteiger partial charge < -0.3 is 20.0 Å². The Kier molecular flexibility index (Phi) is 4.53. The smallest absolute Gasteiger partial charge is 0.270 e. The third-order valence-corrected chi connectivity index (χ3v) is 7.24. The topological polar surface area (TPSA) is 51.7 Å². The van der Waals surface area contributed by atoms with Crippen molar-refractivity contribution in [2.75, 3.05) is 57.8 Å². The highest BCUT2D eigenvalue weighted by atomic mass is 32.1. The Morgan fingerprint density at radius 1 is 1.22 bits per heavy atom. The van der Waals surface area contributed by atoms with Crippen molar-refractivity contribution in [1.82, 2.24) is 20.1 Å². The van der Waals surface area contributed by atoms with Gasteiger partial charge in [-0.05, 0) is 38.4 Å². The van der Waals surface area contributed by atoms with Gasteiger partial charge >= 0.3 is 0 Å². The molecule has 1 N–H and O–H groups in total. The van der Waals surface area contributed by atoms with Crippen molar-refractivity contribution in [3.8, 4) is 0 Å². The van der Waals surface area contributed by atoms with Gasteiger partial charge in [-0.3, -0.25) is 4.79 Å². The molecule has 3 fully saturated rings. The number of hydrogen-bond donors (Lipinski definition) is 1. The summed E-state index contributed by atoms with van der Waals surface area (Å²) in [5.41, 5.74) is 1.80. The Balaban J connectivity index is 1.34. The van der Waals surface area contributed by atoms with E-state index >= 15 is 0 Å². The Bertz CT molecular complexity index is 832. The first kappa shape index (κ1) is 17.4. The fourth-order valence-corrected chi connectivity index (χ4v) is 5.68. The van der Waals surface area contributed by atoms with E-state index in [0.717, 1.165) is 55.1 Å². The van der Waals surface area contributed by atoms with Crippen LogP contribution in [0.2, 0.25) is 0 Å². The number of anilines is 1. The zero-order valence-corrected chi connectivity index (χ0v) is 16.7. The summed E-state index contributed by atoms with van der Waals surface area (Å²) in [5.74, 6) is 0.722. The molecule has 7 heteroatoms. The van der Waals surface area contributed by atoms with E-state index in [1.54, 1.807) is 11.3 Å². The number of pyridine rings is 1. The van der Waals surface area contributed by atoms with Crippen LogP contribution in [0.5, 0.6) is 0 Å². The standard InChI is InChI=1S/C20H27N5OS/c1-23-4-6-25(7-5-23)18-13-27-19-10-21-17(9-16(18)19)20(26)22-15-8-14-2-3-24(11-14)12-15/h9-10,13-15H,2-8,11-12H2,1H3,(H,22,26)/t14-,15-/m1/s1. The van der Waals surface area contributed by atoms with Crippen LogP contribution in [-0.2, 0) is 0 Å². The third kappa shape index (κ3) is 3.44. The Morgan fingerprint density at radius 2 is 2.07 bits per heavy atom. The molecule has 5 heterocycles. The molecule has 144 valence electrons. The highest BCUT2D eigenvalue weighted by Gasteiger charge is 2.33. The number of piperidine rings is 1. The lowest BCUT2D eigenvalue weighted by Crippen LogP contribution is -2.47. The van der Waals surface area contributed by atoms with Crippen molar-refractivity contribution >= 4 is 33.0 Å². The van der Waals surface area contributed by atoms with Crippen LogP contribution in [0.1, 0.15) is 23.3 Å². The van der Waals surface area contributed by atoms with Crippen molar-refractivity contribution < 1.29 is 4.79 Å². The van der Waals surface area contributed by atoms with Crippen molar-refractivity contribution in [3.05, 3.63) is 23.3 Å². The predicted molar refractivity (Wildman–Crippen MR) is 110 cm³/mol. The molecule has 3 aliphatic heterocycles. The van der Waals surface area contributed by atoms with Crippen LogP contribution in [0.4, 0.5) is 5.69 Å². The molecule has 27 heavy (non-hydrogen) atoms. The van der Waals surface area contributed by atoms with Crippen molar-refractivity contribution in [2.24, 2.45) is 5.92 Å². The number of likely N-dealkylation sites (N-methyl/N-ethyl adjacent to an activating group) is 1. The summed E-state index contributed by atoms with van der Waals surface area (Å²) in [6.07, 6.45) is 4.25. The molecule has 5 rings (SSSR count). The molecule has 2 bridgehead atoms. The molecular formula is C20H27N5OS. The predicted octanol–water partition coefficient (Wildman–Crippen LogP) is 1.87. The first-order valence-corrected chi connectivity index (χ1v) is 10.9. The Labute approximate surface area is 164 Å². The molecule has 2 aromatic rings. The molecular weight excluding hydrogens is 358 g/mol. The molecule has 3 aliphatic rings. The molecule has 1 amide bonds. The van der Waals surface area contributed by atoms with E-state index in [9.17, 15) is 4.79 Å². The van der Waals surface area contributed by atoms with E-state index in [-0.39, 0.29) is 11.9 Å². The lowest BCUT2D eigenvalue weighted by molar-refractivity contribution is 0.0904. The van der Waals surface area contributed by atoms with E-state index in [1.807, 2.05) is 12.3 Å². The van der Waals surface area contributed by atoms with Gasteiger partial charge in [0.05, 0.1) is 10.4 Å². The van der Waals surface area contributed by atoms with Gasteiger partial charge in [0, 0.05) is 62.3 Å². The van der Waals surface area contributed by atoms with Gasteiger partial charge in [-0.25, -0.2) is 4.98 Å². The molecule has 0 saturated carbocycles. The average molecular weight is 386 g/mol. The average Bonchev–Trinajstić information content (AvgIpc) is 3.24. The molecule has 1 unspecified atom stereocenters. The highest BCUT2D eigenvalue weighted by Crippen LogP contribution is 2.33. The number of amides is 1. The maximum absolute atomic E-state index is 12.8. The third-order valence-electron chi connectivity index (χ3n) is 6.32. The summed E-state index contributed by atoms with van der Waals surface area (Å²) in [7, 11) is 2.17. The van der Waals surface area contributed by atoms with Crippen LogP contribution >= 0.6 is 11.3 Å². The lowest BCUT2D eigenvalue weighted by atomic mass is 9.97. The first-order valence-electron chi connectivity index (χ1n) is 9.99. The normalized spacial score (nSPS) is 28.6. The number of hydrogen-bond acceptors (Lipinski definition) is 6. The number of thiophene rings is 1. The number of nitrogens with one attached hydrogen (secondary N) is 1. The fourth-order valence-electron chi connectivity index (χ4n) is 4.76. The minimum absolute atomic E-state index is 0.0278. The van der Waals surface area contributed by atoms with E-state index in [1.165, 1.54) is 25.2 Å². The summed E-state index contributed by atoms with van der Waals surface area (Å²) >= 11 is 1.72. The number of rotatable bonds is 3. The van der Waals surface area contributed by atoms with Gasteiger partial charge in [0.25, 0.3) is 5.91 Å². The van der Waals surface area contributed by atoms with Gasteiger partial charge in [0.15, 0.2) is 0 Å². The largest absolute Gasteiger partial charge is 0.368 e. The van der Waals surface area contributed by atoms with Crippen LogP contribution in [0.15, 0.2) is 17.6 Å².